The number of amides is 1. The van der Waals surface area contributed by atoms with Crippen molar-refractivity contribution in [1.29, 1.82) is 0 Å². The molecule has 2 aromatic carbocycles. The first kappa shape index (κ1) is 16.7. The summed E-state index contributed by atoms with van der Waals surface area (Å²) in [6.45, 7) is 0. The van der Waals surface area contributed by atoms with E-state index >= 15 is 0 Å². The lowest BCUT2D eigenvalue weighted by atomic mass is 10.2. The SMILES string of the molecule is O=C(CCc1nc(-c2ccccc2)no1)Nc1ccc(Br)cc1Cl. The summed E-state index contributed by atoms with van der Waals surface area (Å²) in [5.74, 6) is 0.770. The molecule has 1 amide bonds. The number of aryl methyl sites for hydroxylation is 1. The molecule has 1 heterocycles. The fraction of sp³-hybridized carbons (Fsp3) is 0.118. The van der Waals surface area contributed by atoms with Gasteiger partial charge in [-0.2, -0.15) is 4.98 Å². The summed E-state index contributed by atoms with van der Waals surface area (Å²) in [5, 5.41) is 7.17. The Hall–Kier alpha value is -2.18. The van der Waals surface area contributed by atoms with Crippen molar-refractivity contribution in [3.05, 3.63) is 63.9 Å². The van der Waals surface area contributed by atoms with Crippen molar-refractivity contribution in [3.8, 4) is 11.4 Å². The van der Waals surface area contributed by atoms with Gasteiger partial charge in [-0.1, -0.05) is 63.0 Å². The quantitative estimate of drug-likeness (QED) is 0.665. The smallest absolute Gasteiger partial charge is 0.227 e. The monoisotopic (exact) mass is 405 g/mol. The molecule has 0 spiro atoms. The highest BCUT2D eigenvalue weighted by Gasteiger charge is 2.11. The van der Waals surface area contributed by atoms with Crippen molar-refractivity contribution in [2.24, 2.45) is 0 Å². The van der Waals surface area contributed by atoms with E-state index < -0.39 is 0 Å². The number of hydrogen-bond acceptors (Lipinski definition) is 4. The van der Waals surface area contributed by atoms with Crippen LogP contribution < -0.4 is 5.32 Å². The second-order valence-corrected chi connectivity index (χ2v) is 6.37. The Kier molecular flexibility index (Phi) is 5.27. The van der Waals surface area contributed by atoms with Gasteiger partial charge in [-0.15, -0.1) is 0 Å². The van der Waals surface area contributed by atoms with Crippen molar-refractivity contribution >= 4 is 39.1 Å². The highest BCUT2D eigenvalue weighted by Crippen LogP contribution is 2.25. The van der Waals surface area contributed by atoms with Crippen molar-refractivity contribution in [3.63, 3.8) is 0 Å². The van der Waals surface area contributed by atoms with Gasteiger partial charge in [0.2, 0.25) is 17.6 Å². The van der Waals surface area contributed by atoms with E-state index in [0.29, 0.717) is 28.8 Å². The van der Waals surface area contributed by atoms with E-state index in [9.17, 15) is 4.79 Å². The summed E-state index contributed by atoms with van der Waals surface area (Å²) < 4.78 is 6.04. The predicted molar refractivity (Wildman–Crippen MR) is 95.8 cm³/mol. The van der Waals surface area contributed by atoms with Gasteiger partial charge in [0.25, 0.3) is 0 Å². The fourth-order valence-corrected chi connectivity index (χ4v) is 2.81. The van der Waals surface area contributed by atoms with E-state index in [0.717, 1.165) is 10.0 Å². The van der Waals surface area contributed by atoms with Crippen molar-refractivity contribution in [2.45, 2.75) is 12.8 Å². The molecule has 0 fully saturated rings. The average molecular weight is 407 g/mol. The van der Waals surface area contributed by atoms with Crippen LogP contribution in [0.4, 0.5) is 5.69 Å². The van der Waals surface area contributed by atoms with E-state index in [-0.39, 0.29) is 12.3 Å². The summed E-state index contributed by atoms with van der Waals surface area (Å²) in [6, 6.07) is 14.8. The normalized spacial score (nSPS) is 10.6. The van der Waals surface area contributed by atoms with Crippen LogP contribution in [0.3, 0.4) is 0 Å². The Morgan fingerprint density at radius 1 is 1.21 bits per heavy atom. The van der Waals surface area contributed by atoms with E-state index in [1.165, 1.54) is 0 Å². The summed E-state index contributed by atoms with van der Waals surface area (Å²) >= 11 is 9.40. The van der Waals surface area contributed by atoms with Gasteiger partial charge in [-0.3, -0.25) is 4.79 Å². The molecular weight excluding hydrogens is 394 g/mol. The highest BCUT2D eigenvalue weighted by atomic mass is 79.9. The molecule has 3 rings (SSSR count). The van der Waals surface area contributed by atoms with Gasteiger partial charge in [-0.05, 0) is 18.2 Å². The van der Waals surface area contributed by atoms with Gasteiger partial charge in [0.1, 0.15) is 0 Å². The van der Waals surface area contributed by atoms with Crippen LogP contribution >= 0.6 is 27.5 Å². The molecule has 1 N–H and O–H groups in total. The number of nitrogens with one attached hydrogen (secondary N) is 1. The number of nitrogens with zero attached hydrogens (tertiary/aromatic N) is 2. The maximum absolute atomic E-state index is 12.0. The topological polar surface area (TPSA) is 68.0 Å². The molecule has 0 unspecified atom stereocenters. The molecule has 0 atom stereocenters. The maximum atomic E-state index is 12.0. The molecule has 3 aromatic rings. The minimum absolute atomic E-state index is 0.168. The Bertz CT molecular complexity index is 852. The average Bonchev–Trinajstić information content (AvgIpc) is 3.05. The minimum atomic E-state index is -0.168. The van der Waals surface area contributed by atoms with Gasteiger partial charge in [0.15, 0.2) is 0 Å². The molecule has 24 heavy (non-hydrogen) atoms. The van der Waals surface area contributed by atoms with Crippen LogP contribution in [-0.2, 0) is 11.2 Å². The van der Waals surface area contributed by atoms with Gasteiger partial charge in [-0.25, -0.2) is 0 Å². The first-order valence-electron chi connectivity index (χ1n) is 7.25. The number of anilines is 1. The second-order valence-electron chi connectivity index (χ2n) is 5.05. The predicted octanol–water partition coefficient (Wildman–Crippen LogP) is 4.72. The van der Waals surface area contributed by atoms with Gasteiger partial charge >= 0.3 is 0 Å². The molecule has 0 aliphatic rings. The lowest BCUT2D eigenvalue weighted by molar-refractivity contribution is -0.116. The number of hydrogen-bond donors (Lipinski definition) is 1. The van der Waals surface area contributed by atoms with Crippen LogP contribution in [0.1, 0.15) is 12.3 Å². The summed E-state index contributed by atoms with van der Waals surface area (Å²) in [7, 11) is 0. The number of benzene rings is 2. The Labute approximate surface area is 152 Å². The second kappa shape index (κ2) is 7.59. The molecule has 0 aliphatic heterocycles. The van der Waals surface area contributed by atoms with Crippen LogP contribution in [0.2, 0.25) is 5.02 Å². The van der Waals surface area contributed by atoms with Gasteiger partial charge in [0, 0.05) is 22.9 Å². The van der Waals surface area contributed by atoms with Crippen LogP contribution in [0.5, 0.6) is 0 Å². The molecule has 5 nitrogen and oxygen atoms in total. The zero-order valence-corrected chi connectivity index (χ0v) is 14.8. The molecule has 0 radical (unpaired) electrons. The van der Waals surface area contributed by atoms with Gasteiger partial charge in [0.05, 0.1) is 10.7 Å². The lowest BCUT2D eigenvalue weighted by Crippen LogP contribution is -2.12. The molecule has 0 saturated carbocycles. The molecule has 0 bridgehead atoms. The minimum Gasteiger partial charge on any atom is -0.339 e. The lowest BCUT2D eigenvalue weighted by Gasteiger charge is -2.06. The fourth-order valence-electron chi connectivity index (χ4n) is 2.08. The summed E-state index contributed by atoms with van der Waals surface area (Å²) in [5.41, 5.74) is 1.44. The molecule has 0 saturated heterocycles. The third-order valence-electron chi connectivity index (χ3n) is 3.27. The largest absolute Gasteiger partial charge is 0.339 e. The third kappa shape index (κ3) is 4.21. The van der Waals surface area contributed by atoms with Crippen LogP contribution in [0.25, 0.3) is 11.4 Å². The van der Waals surface area contributed by atoms with Crippen LogP contribution in [0.15, 0.2) is 57.5 Å². The van der Waals surface area contributed by atoms with Crippen molar-refractivity contribution in [2.75, 3.05) is 5.32 Å². The summed E-state index contributed by atoms with van der Waals surface area (Å²) in [6.07, 6.45) is 0.586. The zero-order valence-electron chi connectivity index (χ0n) is 12.5. The number of halogens is 2. The van der Waals surface area contributed by atoms with Crippen LogP contribution in [0, 0.1) is 0 Å². The molecular formula is C17H13BrClN3O2. The maximum Gasteiger partial charge on any atom is 0.227 e. The van der Waals surface area contributed by atoms with Gasteiger partial charge < -0.3 is 9.84 Å². The summed E-state index contributed by atoms with van der Waals surface area (Å²) in [4.78, 5) is 16.3. The number of carbonyl (C=O) groups is 1. The number of aromatic nitrogens is 2. The van der Waals surface area contributed by atoms with Crippen molar-refractivity contribution < 1.29 is 9.32 Å². The molecule has 1 aromatic heterocycles. The number of rotatable bonds is 5. The Morgan fingerprint density at radius 2 is 2.00 bits per heavy atom. The van der Waals surface area contributed by atoms with E-state index in [4.69, 9.17) is 16.1 Å². The highest BCUT2D eigenvalue weighted by molar-refractivity contribution is 9.10. The standard InChI is InChI=1S/C17H13BrClN3O2/c18-12-6-7-14(13(19)10-12)20-15(23)8-9-16-21-17(22-24-16)11-4-2-1-3-5-11/h1-7,10H,8-9H2,(H,20,23). The zero-order chi connectivity index (χ0) is 16.9. The Morgan fingerprint density at radius 3 is 2.75 bits per heavy atom. The number of carbonyl (C=O) groups excluding carboxylic acids is 1. The first-order valence-corrected chi connectivity index (χ1v) is 8.42. The van der Waals surface area contributed by atoms with Crippen LogP contribution in [-0.4, -0.2) is 16.0 Å². The molecule has 122 valence electrons. The molecule has 7 heteroatoms. The van der Waals surface area contributed by atoms with E-state index in [1.54, 1.807) is 12.1 Å². The molecule has 0 aliphatic carbocycles. The first-order chi connectivity index (χ1) is 11.6. The Balaban J connectivity index is 1.58. The van der Waals surface area contributed by atoms with Crippen molar-refractivity contribution in [1.82, 2.24) is 10.1 Å². The third-order valence-corrected chi connectivity index (χ3v) is 4.08. The van der Waals surface area contributed by atoms with E-state index in [1.807, 2.05) is 36.4 Å². The van der Waals surface area contributed by atoms with E-state index in [2.05, 4.69) is 31.4 Å².